The van der Waals surface area contributed by atoms with Gasteiger partial charge in [-0.2, -0.15) is 0 Å². The molecule has 1 heterocycles. The number of halogens is 1. The van der Waals surface area contributed by atoms with Gasteiger partial charge in [-0.15, -0.1) is 0 Å². The van der Waals surface area contributed by atoms with Crippen molar-refractivity contribution in [2.75, 3.05) is 11.9 Å². The van der Waals surface area contributed by atoms with Crippen molar-refractivity contribution in [2.45, 2.75) is 24.5 Å². The quantitative estimate of drug-likeness (QED) is 0.867. The third-order valence-electron chi connectivity index (χ3n) is 3.30. The topological polar surface area (TPSA) is 47.6 Å². The van der Waals surface area contributed by atoms with Gasteiger partial charge < -0.3 is 14.8 Å². The predicted octanol–water partition coefficient (Wildman–Crippen LogP) is 1.87. The molecule has 1 N–H and O–H groups in total. The second kappa shape index (κ2) is 4.46. The van der Waals surface area contributed by atoms with E-state index < -0.39 is 6.10 Å². The Kier molecular flexibility index (Phi) is 2.93. The zero-order valence-corrected chi connectivity index (χ0v) is 11.4. The fourth-order valence-corrected chi connectivity index (χ4v) is 2.63. The van der Waals surface area contributed by atoms with Crippen LogP contribution in [0.25, 0.3) is 0 Å². The van der Waals surface area contributed by atoms with E-state index in [0.717, 1.165) is 18.2 Å². The highest BCUT2D eigenvalue weighted by molar-refractivity contribution is 9.09. The molecule has 1 aliphatic heterocycles. The number of hydrogen-bond donors (Lipinski definition) is 1. The molecule has 5 heteroatoms. The zero-order valence-electron chi connectivity index (χ0n) is 9.82. The van der Waals surface area contributed by atoms with Gasteiger partial charge in [0.15, 0.2) is 11.5 Å². The Balaban J connectivity index is 1.67. The standard InChI is InChI=1S/C13H14BrNO3/c14-8-13(5-6-13)15-12(16)11-7-17-9-3-1-2-4-10(9)18-11/h1-4,11H,5-8H2,(H,15,16). The van der Waals surface area contributed by atoms with Crippen LogP contribution >= 0.6 is 15.9 Å². The van der Waals surface area contributed by atoms with E-state index in [1.54, 1.807) is 0 Å². The number of carbonyl (C=O) groups excluding carboxylic acids is 1. The zero-order chi connectivity index (χ0) is 12.6. The predicted molar refractivity (Wildman–Crippen MR) is 70.3 cm³/mol. The van der Waals surface area contributed by atoms with Crippen molar-refractivity contribution >= 4 is 21.8 Å². The number of hydrogen-bond acceptors (Lipinski definition) is 3. The molecule has 2 aliphatic rings. The van der Waals surface area contributed by atoms with Crippen LogP contribution in [-0.2, 0) is 4.79 Å². The van der Waals surface area contributed by atoms with Gasteiger partial charge >= 0.3 is 0 Å². The van der Waals surface area contributed by atoms with Crippen molar-refractivity contribution in [1.82, 2.24) is 5.32 Å². The first-order valence-corrected chi connectivity index (χ1v) is 7.11. The van der Waals surface area contributed by atoms with E-state index >= 15 is 0 Å². The third kappa shape index (κ3) is 2.19. The molecule has 1 aromatic rings. The molecule has 0 aromatic heterocycles. The second-order valence-corrected chi connectivity index (χ2v) is 5.33. The van der Waals surface area contributed by atoms with Gasteiger partial charge in [0.1, 0.15) is 6.61 Å². The summed E-state index contributed by atoms with van der Waals surface area (Å²) < 4.78 is 11.2. The highest BCUT2D eigenvalue weighted by Crippen LogP contribution is 2.37. The maximum absolute atomic E-state index is 12.1. The summed E-state index contributed by atoms with van der Waals surface area (Å²) in [6, 6.07) is 7.40. The molecule has 4 nitrogen and oxygen atoms in total. The average molecular weight is 312 g/mol. The largest absolute Gasteiger partial charge is 0.485 e. The number of rotatable bonds is 3. The maximum Gasteiger partial charge on any atom is 0.265 e. The molecule has 18 heavy (non-hydrogen) atoms. The van der Waals surface area contributed by atoms with Gasteiger partial charge in [0.2, 0.25) is 6.10 Å². The summed E-state index contributed by atoms with van der Waals surface area (Å²) >= 11 is 3.42. The fraction of sp³-hybridized carbons (Fsp3) is 0.462. The summed E-state index contributed by atoms with van der Waals surface area (Å²) in [5, 5.41) is 3.81. The van der Waals surface area contributed by atoms with Crippen molar-refractivity contribution in [3.63, 3.8) is 0 Å². The van der Waals surface area contributed by atoms with Gasteiger partial charge in [-0.05, 0) is 25.0 Å². The fourth-order valence-electron chi connectivity index (χ4n) is 1.93. The van der Waals surface area contributed by atoms with E-state index in [4.69, 9.17) is 9.47 Å². The maximum atomic E-state index is 12.1. The number of benzene rings is 1. The summed E-state index contributed by atoms with van der Waals surface area (Å²) in [4.78, 5) is 12.1. The van der Waals surface area contributed by atoms with Crippen LogP contribution in [0.4, 0.5) is 0 Å². The van der Waals surface area contributed by atoms with Crippen LogP contribution in [0.15, 0.2) is 24.3 Å². The normalized spacial score (nSPS) is 23.3. The molecular formula is C13H14BrNO3. The van der Waals surface area contributed by atoms with Gasteiger partial charge in [-0.1, -0.05) is 28.1 Å². The van der Waals surface area contributed by atoms with Crippen LogP contribution in [-0.4, -0.2) is 29.5 Å². The molecule has 1 fully saturated rings. The molecule has 0 radical (unpaired) electrons. The molecule has 96 valence electrons. The smallest absolute Gasteiger partial charge is 0.265 e. The summed E-state index contributed by atoms with van der Waals surface area (Å²) in [6.07, 6.45) is 1.49. The molecular weight excluding hydrogens is 298 g/mol. The molecule has 1 unspecified atom stereocenters. The lowest BCUT2D eigenvalue weighted by Crippen LogP contribution is -2.49. The highest BCUT2D eigenvalue weighted by Gasteiger charge is 2.44. The lowest BCUT2D eigenvalue weighted by molar-refractivity contribution is -0.131. The molecule has 1 aliphatic carbocycles. The highest BCUT2D eigenvalue weighted by atomic mass is 79.9. The number of alkyl halides is 1. The molecule has 1 amide bonds. The Morgan fingerprint density at radius 3 is 2.78 bits per heavy atom. The van der Waals surface area contributed by atoms with Crippen LogP contribution in [0.2, 0.25) is 0 Å². The number of amides is 1. The monoisotopic (exact) mass is 311 g/mol. The van der Waals surface area contributed by atoms with Crippen LogP contribution in [0, 0.1) is 0 Å². The van der Waals surface area contributed by atoms with Crippen LogP contribution in [0.3, 0.4) is 0 Å². The van der Waals surface area contributed by atoms with Crippen molar-refractivity contribution < 1.29 is 14.3 Å². The van der Waals surface area contributed by atoms with E-state index in [0.29, 0.717) is 11.5 Å². The van der Waals surface area contributed by atoms with Gasteiger partial charge in [0.05, 0.1) is 0 Å². The number of ether oxygens (including phenoxy) is 2. The van der Waals surface area contributed by atoms with Gasteiger partial charge in [0.25, 0.3) is 5.91 Å². The molecule has 1 atom stereocenters. The van der Waals surface area contributed by atoms with Crippen LogP contribution < -0.4 is 14.8 Å². The third-order valence-corrected chi connectivity index (χ3v) is 4.37. The number of carbonyl (C=O) groups is 1. The Morgan fingerprint density at radius 1 is 1.39 bits per heavy atom. The Labute approximate surface area is 114 Å². The first-order valence-electron chi connectivity index (χ1n) is 5.99. The Bertz CT molecular complexity index is 473. The number of nitrogens with one attached hydrogen (secondary N) is 1. The molecule has 0 saturated heterocycles. The lowest BCUT2D eigenvalue weighted by atomic mass is 10.2. The van der Waals surface area contributed by atoms with Crippen molar-refractivity contribution in [3.8, 4) is 11.5 Å². The minimum absolute atomic E-state index is 0.0581. The second-order valence-electron chi connectivity index (χ2n) is 4.77. The van der Waals surface area contributed by atoms with Crippen molar-refractivity contribution in [1.29, 1.82) is 0 Å². The lowest BCUT2D eigenvalue weighted by Gasteiger charge is -2.27. The number of fused-ring (bicyclic) bond motifs is 1. The summed E-state index contributed by atoms with van der Waals surface area (Å²) in [5.74, 6) is 1.23. The van der Waals surface area contributed by atoms with Gasteiger partial charge in [-0.3, -0.25) is 4.79 Å². The summed E-state index contributed by atoms with van der Waals surface area (Å²) in [6.45, 7) is 0.265. The van der Waals surface area contributed by atoms with Gasteiger partial charge in [0, 0.05) is 10.9 Å². The SMILES string of the molecule is O=C(NC1(CBr)CC1)C1COc2ccccc2O1. The minimum atomic E-state index is -0.559. The van der Waals surface area contributed by atoms with E-state index in [1.807, 2.05) is 24.3 Å². The van der Waals surface area contributed by atoms with Crippen molar-refractivity contribution in [2.24, 2.45) is 0 Å². The van der Waals surface area contributed by atoms with E-state index in [9.17, 15) is 4.79 Å². The first kappa shape index (κ1) is 11.8. The van der Waals surface area contributed by atoms with Crippen molar-refractivity contribution in [3.05, 3.63) is 24.3 Å². The molecule has 0 spiro atoms. The van der Waals surface area contributed by atoms with E-state index in [-0.39, 0.29) is 18.1 Å². The molecule has 3 rings (SSSR count). The molecule has 1 saturated carbocycles. The Hall–Kier alpha value is -1.23. The number of para-hydroxylation sites is 2. The van der Waals surface area contributed by atoms with Crippen LogP contribution in [0.5, 0.6) is 11.5 Å². The molecule has 0 bridgehead atoms. The van der Waals surface area contributed by atoms with Crippen LogP contribution in [0.1, 0.15) is 12.8 Å². The van der Waals surface area contributed by atoms with E-state index in [2.05, 4.69) is 21.2 Å². The van der Waals surface area contributed by atoms with E-state index in [1.165, 1.54) is 0 Å². The summed E-state index contributed by atoms with van der Waals surface area (Å²) in [7, 11) is 0. The first-order chi connectivity index (χ1) is 8.72. The minimum Gasteiger partial charge on any atom is -0.485 e. The molecule has 1 aromatic carbocycles. The van der Waals surface area contributed by atoms with Gasteiger partial charge in [-0.25, -0.2) is 0 Å². The summed E-state index contributed by atoms with van der Waals surface area (Å²) in [5.41, 5.74) is -0.0581. The Morgan fingerprint density at radius 2 is 2.11 bits per heavy atom. The average Bonchev–Trinajstić information content (AvgIpc) is 3.18.